The van der Waals surface area contributed by atoms with Gasteiger partial charge in [-0.05, 0) is 31.2 Å². The van der Waals surface area contributed by atoms with Gasteiger partial charge >= 0.3 is 0 Å². The predicted molar refractivity (Wildman–Crippen MR) is 83.6 cm³/mol. The van der Waals surface area contributed by atoms with E-state index in [2.05, 4.69) is 15.3 Å². The van der Waals surface area contributed by atoms with E-state index in [1.165, 1.54) is 0 Å². The van der Waals surface area contributed by atoms with Gasteiger partial charge in [-0.2, -0.15) is 11.3 Å². The van der Waals surface area contributed by atoms with Crippen LogP contribution in [0.5, 0.6) is 0 Å². The first kappa shape index (κ1) is 14.0. The zero-order valence-corrected chi connectivity index (χ0v) is 13.0. The maximum atomic E-state index is 12.6. The molecule has 0 aromatic carbocycles. The summed E-state index contributed by atoms with van der Waals surface area (Å²) in [5.41, 5.74) is 1.69. The molecule has 5 nitrogen and oxygen atoms in total. The largest absolute Gasteiger partial charge is 0.373 e. The molecule has 1 N–H and O–H groups in total. The second-order valence-corrected chi connectivity index (χ2v) is 5.92. The highest BCUT2D eigenvalue weighted by Crippen LogP contribution is 2.33. The van der Waals surface area contributed by atoms with E-state index in [1.54, 1.807) is 11.3 Å². The van der Waals surface area contributed by atoms with Crippen LogP contribution in [0.2, 0.25) is 0 Å². The monoisotopic (exact) mass is 302 g/mol. The van der Waals surface area contributed by atoms with Gasteiger partial charge < -0.3 is 10.2 Å². The van der Waals surface area contributed by atoms with Crippen LogP contribution in [-0.2, 0) is 0 Å². The number of nitrogens with zero attached hydrogens (tertiary/aromatic N) is 3. The van der Waals surface area contributed by atoms with Gasteiger partial charge in [-0.1, -0.05) is 0 Å². The topological polar surface area (TPSA) is 58.1 Å². The summed E-state index contributed by atoms with van der Waals surface area (Å²) in [6.07, 6.45) is 1.97. The molecule has 3 rings (SSSR count). The number of amides is 1. The number of aryl methyl sites for hydroxylation is 1. The number of hydrogen-bond donors (Lipinski definition) is 1. The zero-order valence-electron chi connectivity index (χ0n) is 12.2. The Balaban J connectivity index is 1.90. The first-order valence-electron chi connectivity index (χ1n) is 7.05. The van der Waals surface area contributed by atoms with Crippen molar-refractivity contribution in [3.63, 3.8) is 0 Å². The van der Waals surface area contributed by atoms with Crippen LogP contribution < -0.4 is 5.32 Å². The van der Waals surface area contributed by atoms with Crippen molar-refractivity contribution in [2.45, 2.75) is 25.8 Å². The SMILES string of the molecule is CNc1cc(C2CCCN2C(=O)c2ccsc2)nc(C)n1. The van der Waals surface area contributed by atoms with Gasteiger partial charge in [0.15, 0.2) is 0 Å². The lowest BCUT2D eigenvalue weighted by Gasteiger charge is -2.24. The summed E-state index contributed by atoms with van der Waals surface area (Å²) in [5.74, 6) is 1.63. The average Bonchev–Trinajstić information content (AvgIpc) is 3.17. The van der Waals surface area contributed by atoms with Gasteiger partial charge in [0.25, 0.3) is 5.91 Å². The van der Waals surface area contributed by atoms with Gasteiger partial charge in [0.05, 0.1) is 17.3 Å². The smallest absolute Gasteiger partial charge is 0.255 e. The standard InChI is InChI=1S/C15H18N4OS/c1-10-17-12(8-14(16-2)18-10)13-4-3-6-19(13)15(20)11-5-7-21-9-11/h5,7-9,13H,3-4,6H2,1-2H3,(H,16,17,18). The third-order valence-electron chi connectivity index (χ3n) is 3.74. The van der Waals surface area contributed by atoms with Gasteiger partial charge in [0, 0.05) is 25.0 Å². The molecule has 1 amide bonds. The van der Waals surface area contributed by atoms with Gasteiger partial charge in [-0.3, -0.25) is 4.79 Å². The highest BCUT2D eigenvalue weighted by molar-refractivity contribution is 7.08. The second-order valence-electron chi connectivity index (χ2n) is 5.14. The highest BCUT2D eigenvalue weighted by atomic mass is 32.1. The molecule has 110 valence electrons. The summed E-state index contributed by atoms with van der Waals surface area (Å²) in [6.45, 7) is 2.67. The molecule has 0 spiro atoms. The number of rotatable bonds is 3. The van der Waals surface area contributed by atoms with Crippen molar-refractivity contribution in [3.8, 4) is 0 Å². The lowest BCUT2D eigenvalue weighted by Crippen LogP contribution is -2.30. The number of carbonyl (C=O) groups excluding carboxylic acids is 1. The fourth-order valence-corrected chi connectivity index (χ4v) is 3.39. The molecule has 1 atom stereocenters. The van der Waals surface area contributed by atoms with Gasteiger partial charge in [-0.25, -0.2) is 9.97 Å². The van der Waals surface area contributed by atoms with Crippen molar-refractivity contribution in [1.29, 1.82) is 0 Å². The molecule has 3 heterocycles. The Hall–Kier alpha value is -1.95. The quantitative estimate of drug-likeness (QED) is 0.947. The van der Waals surface area contributed by atoms with Crippen LogP contribution in [0.15, 0.2) is 22.9 Å². The molecule has 1 unspecified atom stereocenters. The molecule has 1 fully saturated rings. The maximum absolute atomic E-state index is 12.6. The van der Waals surface area contributed by atoms with E-state index in [9.17, 15) is 4.79 Å². The van der Waals surface area contributed by atoms with Gasteiger partial charge in [-0.15, -0.1) is 0 Å². The van der Waals surface area contributed by atoms with Crippen LogP contribution in [0.3, 0.4) is 0 Å². The Bertz CT molecular complexity index is 641. The first-order chi connectivity index (χ1) is 10.2. The highest BCUT2D eigenvalue weighted by Gasteiger charge is 2.32. The molecule has 1 aliphatic rings. The summed E-state index contributed by atoms with van der Waals surface area (Å²) in [4.78, 5) is 23.4. The van der Waals surface area contributed by atoms with Gasteiger partial charge in [0.1, 0.15) is 11.6 Å². The van der Waals surface area contributed by atoms with Crippen molar-refractivity contribution in [3.05, 3.63) is 40.0 Å². The molecule has 2 aromatic rings. The Morgan fingerprint density at radius 3 is 3.05 bits per heavy atom. The summed E-state index contributed by atoms with van der Waals surface area (Å²) >= 11 is 1.55. The van der Waals surface area contributed by atoms with Crippen LogP contribution in [0, 0.1) is 6.92 Å². The molecule has 0 radical (unpaired) electrons. The fraction of sp³-hybridized carbons (Fsp3) is 0.400. The molecule has 6 heteroatoms. The summed E-state index contributed by atoms with van der Waals surface area (Å²) in [5, 5.41) is 6.89. The van der Waals surface area contributed by atoms with E-state index in [0.717, 1.165) is 42.3 Å². The van der Waals surface area contributed by atoms with E-state index in [1.807, 2.05) is 41.8 Å². The van der Waals surface area contributed by atoms with Crippen LogP contribution >= 0.6 is 11.3 Å². The fourth-order valence-electron chi connectivity index (χ4n) is 2.76. The normalized spacial score (nSPS) is 18.0. The van der Waals surface area contributed by atoms with Crippen molar-refractivity contribution >= 4 is 23.1 Å². The van der Waals surface area contributed by atoms with Crippen LogP contribution in [0.25, 0.3) is 0 Å². The third kappa shape index (κ3) is 2.76. The Morgan fingerprint density at radius 2 is 2.33 bits per heavy atom. The summed E-state index contributed by atoms with van der Waals surface area (Å²) in [7, 11) is 1.84. The Labute approximate surface area is 128 Å². The van der Waals surface area contributed by atoms with Crippen LogP contribution in [0.4, 0.5) is 5.82 Å². The van der Waals surface area contributed by atoms with E-state index in [-0.39, 0.29) is 11.9 Å². The number of thiophene rings is 1. The van der Waals surface area contributed by atoms with Crippen molar-refractivity contribution in [1.82, 2.24) is 14.9 Å². The molecule has 21 heavy (non-hydrogen) atoms. The third-order valence-corrected chi connectivity index (χ3v) is 4.42. The molecule has 2 aromatic heterocycles. The minimum absolute atomic E-state index is 0.0474. The summed E-state index contributed by atoms with van der Waals surface area (Å²) in [6, 6.07) is 3.87. The van der Waals surface area contributed by atoms with Crippen molar-refractivity contribution in [2.24, 2.45) is 0 Å². The van der Waals surface area contributed by atoms with E-state index in [0.29, 0.717) is 0 Å². The van der Waals surface area contributed by atoms with Gasteiger partial charge in [0.2, 0.25) is 0 Å². The molecular formula is C15H18N4OS. The second kappa shape index (κ2) is 5.81. The molecule has 0 aliphatic carbocycles. The Morgan fingerprint density at radius 1 is 1.48 bits per heavy atom. The lowest BCUT2D eigenvalue weighted by molar-refractivity contribution is 0.0733. The van der Waals surface area contributed by atoms with E-state index in [4.69, 9.17) is 0 Å². The van der Waals surface area contributed by atoms with E-state index >= 15 is 0 Å². The minimum atomic E-state index is 0.0474. The number of hydrogen-bond acceptors (Lipinski definition) is 5. The van der Waals surface area contributed by atoms with Crippen LogP contribution in [0.1, 0.15) is 40.8 Å². The number of likely N-dealkylation sites (tertiary alicyclic amines) is 1. The molecular weight excluding hydrogens is 284 g/mol. The maximum Gasteiger partial charge on any atom is 0.255 e. The molecule has 1 aliphatic heterocycles. The van der Waals surface area contributed by atoms with E-state index < -0.39 is 0 Å². The molecule has 0 saturated carbocycles. The number of nitrogens with one attached hydrogen (secondary N) is 1. The zero-order chi connectivity index (χ0) is 14.8. The average molecular weight is 302 g/mol. The molecule has 1 saturated heterocycles. The molecule has 0 bridgehead atoms. The number of aromatic nitrogens is 2. The predicted octanol–water partition coefficient (Wildman–Crippen LogP) is 2.87. The van der Waals surface area contributed by atoms with Crippen molar-refractivity contribution in [2.75, 3.05) is 18.9 Å². The van der Waals surface area contributed by atoms with Crippen molar-refractivity contribution < 1.29 is 4.79 Å². The minimum Gasteiger partial charge on any atom is -0.373 e. The first-order valence-corrected chi connectivity index (χ1v) is 8.00. The number of carbonyl (C=O) groups is 1. The van der Waals surface area contributed by atoms with Crippen LogP contribution in [-0.4, -0.2) is 34.4 Å². The summed E-state index contributed by atoms with van der Waals surface area (Å²) < 4.78 is 0. The number of anilines is 1. The lowest BCUT2D eigenvalue weighted by atomic mass is 10.1. The Kier molecular flexibility index (Phi) is 3.88.